The number of hydrogen-bond donors (Lipinski definition) is 3. The van der Waals surface area contributed by atoms with Crippen LogP contribution in [0.15, 0.2) is 66.0 Å². The molecule has 0 aliphatic carbocycles. The Bertz CT molecular complexity index is 1340. The second-order valence-corrected chi connectivity index (χ2v) is 9.33. The summed E-state index contributed by atoms with van der Waals surface area (Å²) in [6.45, 7) is 1.66. The van der Waals surface area contributed by atoms with E-state index in [2.05, 4.69) is 10.6 Å². The van der Waals surface area contributed by atoms with Crippen molar-refractivity contribution < 1.29 is 14.7 Å². The Morgan fingerprint density at radius 3 is 2.62 bits per heavy atom. The largest absolute Gasteiger partial charge is 0.481 e. The molecule has 2 aromatic carbocycles. The molecule has 0 aliphatic heterocycles. The average Bonchev–Trinajstić information content (AvgIpc) is 3.47. The Morgan fingerprint density at radius 2 is 1.88 bits per heavy atom. The minimum absolute atomic E-state index is 0.243. The lowest BCUT2D eigenvalue weighted by atomic mass is 10.0. The zero-order valence-corrected chi connectivity index (χ0v) is 20.3. The molecule has 7 nitrogen and oxygen atoms in total. The number of aromatic nitrogens is 2. The van der Waals surface area contributed by atoms with Crippen LogP contribution in [0.3, 0.4) is 0 Å². The predicted molar refractivity (Wildman–Crippen MR) is 136 cm³/mol. The molecule has 174 valence electrons. The molecule has 2 amide bonds. The van der Waals surface area contributed by atoms with Crippen molar-refractivity contribution in [2.24, 2.45) is 5.92 Å². The van der Waals surface area contributed by atoms with Gasteiger partial charge in [-0.05, 0) is 47.7 Å². The Balaban J connectivity index is 1.65. The van der Waals surface area contributed by atoms with Crippen molar-refractivity contribution in [2.75, 3.05) is 10.6 Å². The fourth-order valence-electron chi connectivity index (χ4n) is 3.34. The van der Waals surface area contributed by atoms with Crippen molar-refractivity contribution in [1.29, 1.82) is 0 Å². The van der Waals surface area contributed by atoms with E-state index in [0.717, 1.165) is 10.4 Å². The molecule has 4 aromatic rings. The van der Waals surface area contributed by atoms with Crippen molar-refractivity contribution in [2.45, 2.75) is 13.3 Å². The molecule has 0 bridgehead atoms. The van der Waals surface area contributed by atoms with Crippen LogP contribution in [0.2, 0.25) is 10.0 Å². The van der Waals surface area contributed by atoms with Crippen LogP contribution in [0.5, 0.6) is 0 Å². The van der Waals surface area contributed by atoms with Crippen molar-refractivity contribution in [1.82, 2.24) is 9.78 Å². The molecule has 1 atom stereocenters. The summed E-state index contributed by atoms with van der Waals surface area (Å²) in [5, 5.41) is 22.0. The molecule has 0 spiro atoms. The van der Waals surface area contributed by atoms with Crippen LogP contribution < -0.4 is 10.6 Å². The van der Waals surface area contributed by atoms with Crippen molar-refractivity contribution >= 4 is 58.0 Å². The highest BCUT2D eigenvalue weighted by Crippen LogP contribution is 2.31. The maximum absolute atomic E-state index is 12.8. The van der Waals surface area contributed by atoms with Gasteiger partial charge in [0.15, 0.2) is 0 Å². The van der Waals surface area contributed by atoms with Gasteiger partial charge in [-0.2, -0.15) is 5.10 Å². The smallest absolute Gasteiger partial charge is 0.324 e. The van der Waals surface area contributed by atoms with Crippen LogP contribution in [0.1, 0.15) is 12.5 Å². The predicted octanol–water partition coefficient (Wildman–Crippen LogP) is 6.81. The van der Waals surface area contributed by atoms with Gasteiger partial charge in [0, 0.05) is 6.07 Å². The van der Waals surface area contributed by atoms with Gasteiger partial charge in [0.2, 0.25) is 0 Å². The standard InChI is InChI=1S/C24H20Cl2N4O3S/c1-14(23(31)32)11-15-5-2-6-16(12-15)30-21(13-19(29-30)20-9-4-10-34-20)28-24(33)27-18-8-3-7-17(25)22(18)26/h2-10,12-14H,11H2,1H3,(H,31,32)(H2,27,28,33). The number of amides is 2. The molecule has 4 rings (SSSR count). The molecule has 0 saturated heterocycles. The van der Waals surface area contributed by atoms with Crippen LogP contribution in [-0.2, 0) is 11.2 Å². The fourth-order valence-corrected chi connectivity index (χ4v) is 4.37. The Labute approximate surface area is 209 Å². The van der Waals surface area contributed by atoms with E-state index in [-0.39, 0.29) is 5.02 Å². The van der Waals surface area contributed by atoms with Gasteiger partial charge in [0.25, 0.3) is 0 Å². The summed E-state index contributed by atoms with van der Waals surface area (Å²) in [6.07, 6.45) is 0.374. The number of benzene rings is 2. The van der Waals surface area contributed by atoms with Gasteiger partial charge in [0.1, 0.15) is 11.5 Å². The first kappa shape index (κ1) is 23.8. The van der Waals surface area contributed by atoms with E-state index in [1.165, 1.54) is 11.3 Å². The molecule has 2 aromatic heterocycles. The third kappa shape index (κ3) is 5.41. The average molecular weight is 515 g/mol. The van der Waals surface area contributed by atoms with E-state index >= 15 is 0 Å². The summed E-state index contributed by atoms with van der Waals surface area (Å²) in [4.78, 5) is 25.0. The number of nitrogens with zero attached hydrogens (tertiary/aromatic N) is 2. The minimum Gasteiger partial charge on any atom is -0.481 e. The minimum atomic E-state index is -0.858. The van der Waals surface area contributed by atoms with Gasteiger partial charge >= 0.3 is 12.0 Å². The third-order valence-electron chi connectivity index (χ3n) is 5.04. The number of carbonyl (C=O) groups is 2. The summed E-state index contributed by atoms with van der Waals surface area (Å²) in [5.74, 6) is -0.953. The van der Waals surface area contributed by atoms with Crippen LogP contribution >= 0.6 is 34.5 Å². The van der Waals surface area contributed by atoms with Crippen molar-refractivity contribution in [3.63, 3.8) is 0 Å². The monoisotopic (exact) mass is 514 g/mol. The molecule has 1 unspecified atom stereocenters. The number of hydrogen-bond acceptors (Lipinski definition) is 4. The van der Waals surface area contributed by atoms with Crippen LogP contribution in [0, 0.1) is 5.92 Å². The Hall–Kier alpha value is -3.33. The van der Waals surface area contributed by atoms with E-state index in [1.54, 1.807) is 35.9 Å². The zero-order valence-electron chi connectivity index (χ0n) is 18.0. The number of halogens is 2. The van der Waals surface area contributed by atoms with Gasteiger partial charge in [-0.1, -0.05) is 54.4 Å². The van der Waals surface area contributed by atoms with Crippen molar-refractivity contribution in [3.05, 3.63) is 81.7 Å². The molecular formula is C24H20Cl2N4O3S. The normalized spacial score (nSPS) is 11.7. The summed E-state index contributed by atoms with van der Waals surface area (Å²) in [6, 6.07) is 17.5. The van der Waals surface area contributed by atoms with Gasteiger partial charge in [-0.15, -0.1) is 11.3 Å². The van der Waals surface area contributed by atoms with Gasteiger partial charge in [0.05, 0.1) is 32.2 Å². The van der Waals surface area contributed by atoms with E-state index in [1.807, 2.05) is 41.8 Å². The molecule has 0 radical (unpaired) electrons. The second-order valence-electron chi connectivity index (χ2n) is 7.60. The summed E-state index contributed by atoms with van der Waals surface area (Å²) >= 11 is 13.8. The molecule has 0 fully saturated rings. The number of carboxylic acid groups (broad SMARTS) is 1. The fraction of sp³-hybridized carbons (Fsp3) is 0.125. The van der Waals surface area contributed by atoms with Gasteiger partial charge in [-0.3, -0.25) is 10.1 Å². The highest BCUT2D eigenvalue weighted by Gasteiger charge is 2.17. The SMILES string of the molecule is CC(Cc1cccc(-n2nc(-c3cccs3)cc2NC(=O)Nc2cccc(Cl)c2Cl)c1)C(=O)O. The number of anilines is 2. The van der Waals surface area contributed by atoms with E-state index in [0.29, 0.717) is 34.3 Å². The van der Waals surface area contributed by atoms with Crippen molar-refractivity contribution in [3.8, 4) is 16.3 Å². The number of urea groups is 1. The van der Waals surface area contributed by atoms with E-state index in [4.69, 9.17) is 28.3 Å². The topological polar surface area (TPSA) is 96.3 Å². The molecule has 2 heterocycles. The van der Waals surface area contributed by atoms with Crippen LogP contribution in [0.25, 0.3) is 16.3 Å². The molecule has 34 heavy (non-hydrogen) atoms. The number of aliphatic carboxylic acids is 1. The summed E-state index contributed by atoms with van der Waals surface area (Å²) in [7, 11) is 0. The molecular weight excluding hydrogens is 495 g/mol. The first-order chi connectivity index (χ1) is 16.3. The highest BCUT2D eigenvalue weighted by molar-refractivity contribution is 7.13. The number of rotatable bonds is 7. The Kier molecular flexibility index (Phi) is 7.21. The first-order valence-corrected chi connectivity index (χ1v) is 11.9. The number of carboxylic acids is 1. The van der Waals surface area contributed by atoms with Crippen LogP contribution in [0.4, 0.5) is 16.3 Å². The lowest BCUT2D eigenvalue weighted by molar-refractivity contribution is -0.141. The highest BCUT2D eigenvalue weighted by atomic mass is 35.5. The summed E-state index contributed by atoms with van der Waals surface area (Å²) in [5.41, 5.74) is 2.60. The first-order valence-electron chi connectivity index (χ1n) is 10.3. The van der Waals surface area contributed by atoms with Gasteiger partial charge < -0.3 is 10.4 Å². The van der Waals surface area contributed by atoms with E-state index < -0.39 is 17.9 Å². The number of nitrogens with one attached hydrogen (secondary N) is 2. The molecule has 0 aliphatic rings. The lowest BCUT2D eigenvalue weighted by Gasteiger charge is -2.13. The maximum atomic E-state index is 12.8. The van der Waals surface area contributed by atoms with E-state index in [9.17, 15) is 14.7 Å². The molecule has 3 N–H and O–H groups in total. The Morgan fingerprint density at radius 1 is 1.09 bits per heavy atom. The van der Waals surface area contributed by atoms with Crippen LogP contribution in [-0.4, -0.2) is 26.9 Å². The third-order valence-corrected chi connectivity index (χ3v) is 6.75. The summed E-state index contributed by atoms with van der Waals surface area (Å²) < 4.78 is 1.61. The number of thiophene rings is 1. The molecule has 0 saturated carbocycles. The molecule has 10 heteroatoms. The maximum Gasteiger partial charge on any atom is 0.324 e. The van der Waals surface area contributed by atoms with Gasteiger partial charge in [-0.25, -0.2) is 9.48 Å². The second kappa shape index (κ2) is 10.3. The zero-order chi connectivity index (χ0) is 24.2. The number of carbonyl (C=O) groups excluding carboxylic acids is 1. The lowest BCUT2D eigenvalue weighted by Crippen LogP contribution is -2.21. The quantitative estimate of drug-likeness (QED) is 0.252.